The third kappa shape index (κ3) is 4.05. The zero-order valence-electron chi connectivity index (χ0n) is 8.07. The Balaban J connectivity index is 2.13. The van der Waals surface area contributed by atoms with E-state index in [0.717, 1.165) is 19.3 Å². The van der Waals surface area contributed by atoms with E-state index in [0.29, 0.717) is 6.42 Å². The number of carbonyl (C=O) groups excluding carboxylic acids is 1. The lowest BCUT2D eigenvalue weighted by Gasteiger charge is -2.00. The summed E-state index contributed by atoms with van der Waals surface area (Å²) in [6.07, 6.45) is 3.15. The standard InChI is InChI=1S/C11H15NO2/c13-11(12-14)9-5-4-8-10-6-2-1-3-7-10/h1-3,6-7,14H,4-5,8-9H2,(H,12,13). The summed E-state index contributed by atoms with van der Waals surface area (Å²) >= 11 is 0. The molecular weight excluding hydrogens is 178 g/mol. The van der Waals surface area contributed by atoms with Crippen molar-refractivity contribution in [1.82, 2.24) is 5.48 Å². The Hall–Kier alpha value is -1.35. The second-order valence-corrected chi connectivity index (χ2v) is 3.23. The van der Waals surface area contributed by atoms with E-state index in [1.54, 1.807) is 5.48 Å². The number of hydroxylamine groups is 1. The molecule has 0 spiro atoms. The summed E-state index contributed by atoms with van der Waals surface area (Å²) in [6, 6.07) is 10.2. The molecule has 3 nitrogen and oxygen atoms in total. The summed E-state index contributed by atoms with van der Waals surface area (Å²) in [5.41, 5.74) is 2.91. The maximum Gasteiger partial charge on any atom is 0.243 e. The maximum absolute atomic E-state index is 10.7. The van der Waals surface area contributed by atoms with Gasteiger partial charge in [-0.05, 0) is 24.8 Å². The normalized spacial score (nSPS) is 9.79. The van der Waals surface area contributed by atoms with E-state index in [-0.39, 0.29) is 5.91 Å². The number of nitrogens with one attached hydrogen (secondary N) is 1. The summed E-state index contributed by atoms with van der Waals surface area (Å²) < 4.78 is 0. The Morgan fingerprint density at radius 2 is 1.93 bits per heavy atom. The van der Waals surface area contributed by atoms with Crippen molar-refractivity contribution in [2.75, 3.05) is 0 Å². The Morgan fingerprint density at radius 1 is 1.21 bits per heavy atom. The van der Waals surface area contributed by atoms with Gasteiger partial charge in [-0.15, -0.1) is 0 Å². The van der Waals surface area contributed by atoms with E-state index in [1.807, 2.05) is 18.2 Å². The van der Waals surface area contributed by atoms with Gasteiger partial charge in [-0.3, -0.25) is 10.0 Å². The lowest BCUT2D eigenvalue weighted by Crippen LogP contribution is -2.17. The molecule has 0 aliphatic rings. The van der Waals surface area contributed by atoms with E-state index < -0.39 is 0 Å². The first-order valence-corrected chi connectivity index (χ1v) is 4.80. The Morgan fingerprint density at radius 3 is 2.57 bits per heavy atom. The van der Waals surface area contributed by atoms with Crippen LogP contribution in [0.1, 0.15) is 24.8 Å². The van der Waals surface area contributed by atoms with Crippen LogP contribution in [0.2, 0.25) is 0 Å². The van der Waals surface area contributed by atoms with Gasteiger partial charge < -0.3 is 0 Å². The molecule has 0 radical (unpaired) electrons. The highest BCUT2D eigenvalue weighted by Gasteiger charge is 1.98. The predicted octanol–water partition coefficient (Wildman–Crippen LogP) is 1.90. The number of amides is 1. The molecule has 0 aromatic heterocycles. The van der Waals surface area contributed by atoms with E-state index >= 15 is 0 Å². The molecule has 0 saturated carbocycles. The van der Waals surface area contributed by atoms with Crippen molar-refractivity contribution in [3.63, 3.8) is 0 Å². The quantitative estimate of drug-likeness (QED) is 0.426. The summed E-state index contributed by atoms with van der Waals surface area (Å²) in [7, 11) is 0. The first-order valence-electron chi connectivity index (χ1n) is 4.80. The molecule has 1 aromatic carbocycles. The van der Waals surface area contributed by atoms with Crippen molar-refractivity contribution in [3.05, 3.63) is 35.9 Å². The fourth-order valence-electron chi connectivity index (χ4n) is 1.32. The van der Waals surface area contributed by atoms with Gasteiger partial charge in [0.25, 0.3) is 0 Å². The molecule has 0 unspecified atom stereocenters. The van der Waals surface area contributed by atoms with Gasteiger partial charge in [0, 0.05) is 6.42 Å². The first-order chi connectivity index (χ1) is 6.83. The Bertz CT molecular complexity index is 272. The van der Waals surface area contributed by atoms with Crippen molar-refractivity contribution in [1.29, 1.82) is 0 Å². The van der Waals surface area contributed by atoms with Crippen molar-refractivity contribution in [3.8, 4) is 0 Å². The minimum atomic E-state index is -0.307. The molecule has 0 heterocycles. The molecule has 1 amide bonds. The highest BCUT2D eigenvalue weighted by atomic mass is 16.5. The van der Waals surface area contributed by atoms with Gasteiger partial charge in [0.2, 0.25) is 5.91 Å². The van der Waals surface area contributed by atoms with Crippen molar-refractivity contribution in [2.24, 2.45) is 0 Å². The number of benzene rings is 1. The summed E-state index contributed by atoms with van der Waals surface area (Å²) in [6.45, 7) is 0. The third-order valence-corrected chi connectivity index (χ3v) is 2.09. The summed E-state index contributed by atoms with van der Waals surface area (Å²) in [5.74, 6) is -0.307. The van der Waals surface area contributed by atoms with Gasteiger partial charge in [0.15, 0.2) is 0 Å². The van der Waals surface area contributed by atoms with Gasteiger partial charge in [-0.25, -0.2) is 5.48 Å². The molecule has 14 heavy (non-hydrogen) atoms. The van der Waals surface area contributed by atoms with Crippen LogP contribution in [0.3, 0.4) is 0 Å². The highest BCUT2D eigenvalue weighted by molar-refractivity contribution is 5.74. The molecule has 0 fully saturated rings. The largest absolute Gasteiger partial charge is 0.289 e. The van der Waals surface area contributed by atoms with E-state index in [1.165, 1.54) is 5.56 Å². The molecule has 2 N–H and O–H groups in total. The SMILES string of the molecule is O=C(CCCCc1ccccc1)NO. The number of unbranched alkanes of at least 4 members (excludes halogenated alkanes) is 1. The maximum atomic E-state index is 10.7. The Labute approximate surface area is 83.7 Å². The van der Waals surface area contributed by atoms with Gasteiger partial charge in [-0.2, -0.15) is 0 Å². The molecule has 76 valence electrons. The fraction of sp³-hybridized carbons (Fsp3) is 0.364. The fourth-order valence-corrected chi connectivity index (χ4v) is 1.32. The molecule has 0 bridgehead atoms. The lowest BCUT2D eigenvalue weighted by molar-refractivity contribution is -0.129. The predicted molar refractivity (Wildman–Crippen MR) is 53.9 cm³/mol. The zero-order valence-corrected chi connectivity index (χ0v) is 8.07. The average molecular weight is 193 g/mol. The minimum absolute atomic E-state index is 0.307. The van der Waals surface area contributed by atoms with Crippen LogP contribution in [0.15, 0.2) is 30.3 Å². The van der Waals surface area contributed by atoms with Crippen LogP contribution < -0.4 is 5.48 Å². The average Bonchev–Trinajstić information content (AvgIpc) is 2.25. The van der Waals surface area contributed by atoms with Gasteiger partial charge in [0.05, 0.1) is 0 Å². The van der Waals surface area contributed by atoms with Crippen LogP contribution in [0.4, 0.5) is 0 Å². The lowest BCUT2D eigenvalue weighted by atomic mass is 10.1. The number of hydrogen-bond acceptors (Lipinski definition) is 2. The smallest absolute Gasteiger partial charge is 0.243 e. The monoisotopic (exact) mass is 193 g/mol. The van der Waals surface area contributed by atoms with Gasteiger partial charge in [-0.1, -0.05) is 30.3 Å². The first kappa shape index (κ1) is 10.7. The van der Waals surface area contributed by atoms with Gasteiger partial charge in [0.1, 0.15) is 0 Å². The molecule has 0 saturated heterocycles. The molecule has 3 heteroatoms. The van der Waals surface area contributed by atoms with Crippen molar-refractivity contribution >= 4 is 5.91 Å². The summed E-state index contributed by atoms with van der Waals surface area (Å²) in [5, 5.41) is 8.25. The molecule has 0 aliphatic carbocycles. The van der Waals surface area contributed by atoms with E-state index in [4.69, 9.17) is 5.21 Å². The molecule has 0 atom stereocenters. The van der Waals surface area contributed by atoms with Crippen LogP contribution in [-0.4, -0.2) is 11.1 Å². The molecule has 1 aromatic rings. The van der Waals surface area contributed by atoms with Gasteiger partial charge >= 0.3 is 0 Å². The Kier molecular flexibility index (Phi) is 4.72. The molecule has 0 aliphatic heterocycles. The van der Waals surface area contributed by atoms with Crippen molar-refractivity contribution in [2.45, 2.75) is 25.7 Å². The minimum Gasteiger partial charge on any atom is -0.289 e. The molecule has 1 rings (SSSR count). The highest BCUT2D eigenvalue weighted by Crippen LogP contribution is 2.05. The second-order valence-electron chi connectivity index (χ2n) is 3.23. The number of carbonyl (C=O) groups is 1. The van der Waals surface area contributed by atoms with Crippen LogP contribution in [0.5, 0.6) is 0 Å². The van der Waals surface area contributed by atoms with E-state index in [2.05, 4.69) is 12.1 Å². The van der Waals surface area contributed by atoms with Crippen molar-refractivity contribution < 1.29 is 10.0 Å². The number of aryl methyl sites for hydroxylation is 1. The van der Waals surface area contributed by atoms with Crippen LogP contribution in [0, 0.1) is 0 Å². The zero-order chi connectivity index (χ0) is 10.2. The van der Waals surface area contributed by atoms with Crippen LogP contribution in [-0.2, 0) is 11.2 Å². The number of rotatable bonds is 5. The number of hydrogen-bond donors (Lipinski definition) is 2. The summed E-state index contributed by atoms with van der Waals surface area (Å²) in [4.78, 5) is 10.7. The third-order valence-electron chi connectivity index (χ3n) is 2.09. The van der Waals surface area contributed by atoms with Crippen LogP contribution in [0.25, 0.3) is 0 Å². The topological polar surface area (TPSA) is 49.3 Å². The van der Waals surface area contributed by atoms with Crippen LogP contribution >= 0.6 is 0 Å². The van der Waals surface area contributed by atoms with E-state index in [9.17, 15) is 4.79 Å². The second kappa shape index (κ2) is 6.16. The molecular formula is C11H15NO2.